The van der Waals surface area contributed by atoms with Gasteiger partial charge in [0.05, 0.1) is 4.91 Å². The minimum atomic E-state index is -3.28. The van der Waals surface area contributed by atoms with Crippen LogP contribution in [0.25, 0.3) is 0 Å². The number of sulfonamides is 1. The molecule has 0 aromatic heterocycles. The monoisotopic (exact) mass is 201 g/mol. The van der Waals surface area contributed by atoms with Crippen LogP contribution in [0.1, 0.15) is 26.7 Å². The molecule has 0 unspecified atom stereocenters. The zero-order chi connectivity index (χ0) is 10.1. The summed E-state index contributed by atoms with van der Waals surface area (Å²) >= 11 is 0. The standard InChI is InChI=1S/C9H15NO2S/c1-4-5-8(2)13(11,12)10-9(3)6-7-9/h4-5,10H,1,6-7H2,2-3H3/b8-5+. The number of nitrogens with one attached hydrogen (secondary N) is 1. The van der Waals surface area contributed by atoms with Crippen LogP contribution in [-0.4, -0.2) is 14.0 Å². The molecule has 4 heteroatoms. The van der Waals surface area contributed by atoms with Crippen LogP contribution < -0.4 is 4.72 Å². The molecule has 1 fully saturated rings. The van der Waals surface area contributed by atoms with Crippen LogP contribution in [0.2, 0.25) is 0 Å². The van der Waals surface area contributed by atoms with Crippen molar-refractivity contribution >= 4 is 10.0 Å². The van der Waals surface area contributed by atoms with Crippen LogP contribution in [-0.2, 0) is 10.0 Å². The fourth-order valence-corrected chi connectivity index (χ4v) is 2.24. The summed E-state index contributed by atoms with van der Waals surface area (Å²) in [5.74, 6) is 0. The van der Waals surface area contributed by atoms with Gasteiger partial charge in [-0.2, -0.15) is 0 Å². The zero-order valence-electron chi connectivity index (χ0n) is 8.00. The Kier molecular flexibility index (Phi) is 2.63. The van der Waals surface area contributed by atoms with Gasteiger partial charge >= 0.3 is 0 Å². The summed E-state index contributed by atoms with van der Waals surface area (Å²) < 4.78 is 25.7. The Morgan fingerprint density at radius 3 is 2.46 bits per heavy atom. The quantitative estimate of drug-likeness (QED) is 0.701. The Balaban J connectivity index is 2.77. The SMILES string of the molecule is C=C/C=C(\C)S(=O)(=O)NC1(C)CC1. The summed E-state index contributed by atoms with van der Waals surface area (Å²) in [7, 11) is -3.28. The van der Waals surface area contributed by atoms with Gasteiger partial charge in [-0.25, -0.2) is 13.1 Å². The summed E-state index contributed by atoms with van der Waals surface area (Å²) in [6.07, 6.45) is 4.82. The first kappa shape index (κ1) is 10.5. The lowest BCUT2D eigenvalue weighted by Crippen LogP contribution is -2.34. The zero-order valence-corrected chi connectivity index (χ0v) is 8.82. The second kappa shape index (κ2) is 3.27. The number of hydrogen-bond acceptors (Lipinski definition) is 2. The molecule has 0 saturated heterocycles. The molecular formula is C9H15NO2S. The molecule has 1 aliphatic carbocycles. The van der Waals surface area contributed by atoms with Crippen molar-refractivity contribution < 1.29 is 8.42 Å². The molecule has 1 N–H and O–H groups in total. The van der Waals surface area contributed by atoms with E-state index >= 15 is 0 Å². The second-order valence-corrected chi connectivity index (χ2v) is 5.53. The molecule has 0 spiro atoms. The third-order valence-electron chi connectivity index (χ3n) is 2.16. The van der Waals surface area contributed by atoms with Crippen molar-refractivity contribution in [3.8, 4) is 0 Å². The predicted octanol–water partition coefficient (Wildman–Crippen LogP) is 1.55. The van der Waals surface area contributed by atoms with Gasteiger partial charge in [0.2, 0.25) is 10.0 Å². The third kappa shape index (κ3) is 2.67. The van der Waals surface area contributed by atoms with Crippen molar-refractivity contribution in [2.75, 3.05) is 0 Å². The van der Waals surface area contributed by atoms with Crippen LogP contribution in [0.15, 0.2) is 23.6 Å². The first-order chi connectivity index (χ1) is 5.90. The van der Waals surface area contributed by atoms with E-state index < -0.39 is 10.0 Å². The van der Waals surface area contributed by atoms with Gasteiger partial charge in [0.1, 0.15) is 0 Å². The molecule has 0 radical (unpaired) electrons. The summed E-state index contributed by atoms with van der Waals surface area (Å²) in [5.41, 5.74) is -0.199. The van der Waals surface area contributed by atoms with E-state index in [1.807, 2.05) is 6.92 Å². The Hall–Kier alpha value is -0.610. The van der Waals surface area contributed by atoms with Crippen molar-refractivity contribution in [2.24, 2.45) is 0 Å². The van der Waals surface area contributed by atoms with Crippen molar-refractivity contribution in [3.05, 3.63) is 23.6 Å². The molecule has 0 atom stereocenters. The highest BCUT2D eigenvalue weighted by atomic mass is 32.2. The van der Waals surface area contributed by atoms with E-state index in [-0.39, 0.29) is 5.54 Å². The molecule has 0 heterocycles. The lowest BCUT2D eigenvalue weighted by Gasteiger charge is -2.11. The van der Waals surface area contributed by atoms with E-state index in [2.05, 4.69) is 11.3 Å². The lowest BCUT2D eigenvalue weighted by atomic mass is 10.4. The maximum absolute atomic E-state index is 11.5. The molecule has 1 rings (SSSR count). The summed E-state index contributed by atoms with van der Waals surface area (Å²) in [6, 6.07) is 0. The Bertz CT molecular complexity index is 337. The van der Waals surface area contributed by atoms with Gasteiger partial charge < -0.3 is 0 Å². The van der Waals surface area contributed by atoms with Crippen molar-refractivity contribution in [1.82, 2.24) is 4.72 Å². The molecule has 0 bridgehead atoms. The minimum absolute atomic E-state index is 0.199. The first-order valence-corrected chi connectivity index (χ1v) is 5.71. The van der Waals surface area contributed by atoms with Crippen molar-refractivity contribution in [1.29, 1.82) is 0 Å². The smallest absolute Gasteiger partial charge is 0.207 e. The fourth-order valence-electron chi connectivity index (χ4n) is 0.950. The van der Waals surface area contributed by atoms with E-state index in [0.29, 0.717) is 4.91 Å². The number of hydrogen-bond donors (Lipinski definition) is 1. The molecule has 0 aromatic carbocycles. The van der Waals surface area contributed by atoms with Gasteiger partial charge in [-0.3, -0.25) is 0 Å². The summed E-state index contributed by atoms with van der Waals surface area (Å²) in [5, 5.41) is 0. The molecule has 3 nitrogen and oxygen atoms in total. The van der Waals surface area contributed by atoms with Gasteiger partial charge in [-0.15, -0.1) is 0 Å². The molecule has 13 heavy (non-hydrogen) atoms. The van der Waals surface area contributed by atoms with Crippen LogP contribution >= 0.6 is 0 Å². The number of allylic oxidation sites excluding steroid dienone is 3. The van der Waals surface area contributed by atoms with E-state index in [4.69, 9.17) is 0 Å². The molecule has 74 valence electrons. The van der Waals surface area contributed by atoms with Gasteiger partial charge in [0.15, 0.2) is 0 Å². The highest BCUT2D eigenvalue weighted by Crippen LogP contribution is 2.35. The van der Waals surface area contributed by atoms with Gasteiger partial charge in [0, 0.05) is 5.54 Å². The highest BCUT2D eigenvalue weighted by molar-refractivity contribution is 7.93. The topological polar surface area (TPSA) is 46.2 Å². The minimum Gasteiger partial charge on any atom is -0.207 e. The first-order valence-electron chi connectivity index (χ1n) is 4.23. The summed E-state index contributed by atoms with van der Waals surface area (Å²) in [6.45, 7) is 6.93. The summed E-state index contributed by atoms with van der Waals surface area (Å²) in [4.78, 5) is 0.315. The van der Waals surface area contributed by atoms with Crippen LogP contribution in [0, 0.1) is 0 Å². The highest BCUT2D eigenvalue weighted by Gasteiger charge is 2.41. The van der Waals surface area contributed by atoms with Crippen molar-refractivity contribution in [3.63, 3.8) is 0 Å². The molecule has 0 aromatic rings. The van der Waals surface area contributed by atoms with Crippen molar-refractivity contribution in [2.45, 2.75) is 32.2 Å². The average Bonchev–Trinajstić information content (AvgIpc) is 2.67. The van der Waals surface area contributed by atoms with E-state index in [1.54, 1.807) is 6.92 Å². The maximum Gasteiger partial charge on any atom is 0.236 e. The van der Waals surface area contributed by atoms with Crippen LogP contribution in [0.5, 0.6) is 0 Å². The Labute approximate surface area is 79.6 Å². The second-order valence-electron chi connectivity index (χ2n) is 3.68. The largest absolute Gasteiger partial charge is 0.236 e. The molecule has 0 amide bonds. The number of rotatable bonds is 4. The van der Waals surface area contributed by atoms with E-state index in [0.717, 1.165) is 12.8 Å². The van der Waals surface area contributed by atoms with Gasteiger partial charge in [0.25, 0.3) is 0 Å². The molecular weight excluding hydrogens is 186 g/mol. The average molecular weight is 201 g/mol. The van der Waals surface area contributed by atoms with Crippen LogP contribution in [0.3, 0.4) is 0 Å². The third-order valence-corrected chi connectivity index (χ3v) is 3.90. The maximum atomic E-state index is 11.5. The molecule has 1 saturated carbocycles. The van der Waals surface area contributed by atoms with E-state index in [1.165, 1.54) is 12.2 Å². The molecule has 1 aliphatic rings. The van der Waals surface area contributed by atoms with Crippen LogP contribution in [0.4, 0.5) is 0 Å². The Morgan fingerprint density at radius 1 is 1.54 bits per heavy atom. The van der Waals surface area contributed by atoms with E-state index in [9.17, 15) is 8.42 Å². The lowest BCUT2D eigenvalue weighted by molar-refractivity contribution is 0.564. The predicted molar refractivity (Wildman–Crippen MR) is 53.6 cm³/mol. The Morgan fingerprint density at radius 2 is 2.08 bits per heavy atom. The van der Waals surface area contributed by atoms with Gasteiger partial charge in [-0.05, 0) is 32.8 Å². The fraction of sp³-hybridized carbons (Fsp3) is 0.556. The normalized spacial score (nSPS) is 21.2. The van der Waals surface area contributed by atoms with Gasteiger partial charge in [-0.1, -0.05) is 12.7 Å². The molecule has 0 aliphatic heterocycles.